The van der Waals surface area contributed by atoms with E-state index in [1.165, 1.54) is 17.8 Å². The van der Waals surface area contributed by atoms with Gasteiger partial charge in [-0.3, -0.25) is 13.9 Å². The standard InChI is InChI=1S/C26H33FN7O7PS/c1-7-26(27)20(35)18(40-24(26)34-14-29-19-21(33(5)6)30-25(28)31-22(19)34)13-38-42(37,32-16(4)23(36)39-15(2)3)43-41-17-11-9-8-10-12-17/h1,8-12,14-16,18,20,24,35H,13H2,2-6H3,(H,32,37)(H2,28,30,31)/t16-,18+,20+,24+,26+,42?/m0/s1. The molecule has 1 aliphatic heterocycles. The number of hydrogen-bond acceptors (Lipinski definition) is 13. The summed E-state index contributed by atoms with van der Waals surface area (Å²) in [6, 6.07) is 7.36. The number of alkyl halides is 1. The number of anilines is 2. The molecule has 43 heavy (non-hydrogen) atoms. The van der Waals surface area contributed by atoms with Gasteiger partial charge in [-0.25, -0.2) is 14.5 Å². The van der Waals surface area contributed by atoms with Gasteiger partial charge in [0.2, 0.25) is 11.6 Å². The number of rotatable bonds is 12. The molecule has 0 spiro atoms. The molecule has 1 unspecified atom stereocenters. The van der Waals surface area contributed by atoms with Crippen molar-refractivity contribution in [3.63, 3.8) is 0 Å². The lowest BCUT2D eigenvalue weighted by molar-refractivity contribution is -0.149. The number of esters is 1. The van der Waals surface area contributed by atoms with Crippen LogP contribution in [0.5, 0.6) is 5.75 Å². The highest BCUT2D eigenvalue weighted by atomic mass is 32.7. The number of carbonyl (C=O) groups is 1. The van der Waals surface area contributed by atoms with E-state index >= 15 is 4.39 Å². The molecule has 14 nitrogen and oxygen atoms in total. The van der Waals surface area contributed by atoms with Crippen LogP contribution < -0.4 is 19.9 Å². The fourth-order valence-electron chi connectivity index (χ4n) is 4.16. The van der Waals surface area contributed by atoms with Gasteiger partial charge in [0.25, 0.3) is 0 Å². The first-order chi connectivity index (χ1) is 20.3. The van der Waals surface area contributed by atoms with Gasteiger partial charge < -0.3 is 33.9 Å². The summed E-state index contributed by atoms with van der Waals surface area (Å²) in [5.41, 5.74) is 3.51. The van der Waals surface area contributed by atoms with Crippen molar-refractivity contribution in [3.05, 3.63) is 36.7 Å². The van der Waals surface area contributed by atoms with Crippen molar-refractivity contribution in [1.29, 1.82) is 0 Å². The van der Waals surface area contributed by atoms with E-state index in [1.807, 2.05) is 5.92 Å². The van der Waals surface area contributed by atoms with Crippen LogP contribution in [-0.2, 0) is 23.4 Å². The summed E-state index contributed by atoms with van der Waals surface area (Å²) in [4.78, 5) is 26.7. The maximum atomic E-state index is 16.3. The molecule has 1 saturated heterocycles. The van der Waals surface area contributed by atoms with Crippen molar-refractivity contribution in [2.75, 3.05) is 31.3 Å². The number of para-hydroxylation sites is 1. The first-order valence-corrected chi connectivity index (χ1v) is 16.1. The molecule has 2 aromatic heterocycles. The number of aromatic nitrogens is 4. The van der Waals surface area contributed by atoms with Crippen LogP contribution in [0.1, 0.15) is 27.0 Å². The molecule has 6 atom stereocenters. The van der Waals surface area contributed by atoms with E-state index in [0.717, 1.165) is 0 Å². The highest BCUT2D eigenvalue weighted by Gasteiger charge is 2.58. The maximum Gasteiger partial charge on any atom is 0.365 e. The predicted molar refractivity (Wildman–Crippen MR) is 159 cm³/mol. The Balaban J connectivity index is 1.58. The average molecular weight is 638 g/mol. The van der Waals surface area contributed by atoms with Crippen LogP contribution in [0, 0.1) is 12.3 Å². The highest BCUT2D eigenvalue weighted by molar-refractivity contribution is 8.53. The van der Waals surface area contributed by atoms with E-state index in [2.05, 4.69) is 20.0 Å². The summed E-state index contributed by atoms with van der Waals surface area (Å²) in [6.45, 7) is 0.0693. The summed E-state index contributed by atoms with van der Waals surface area (Å²) in [7, 11) is 3.44. The van der Waals surface area contributed by atoms with Crippen LogP contribution in [0.4, 0.5) is 16.2 Å². The topological polar surface area (TPSA) is 176 Å². The number of aliphatic hydroxyl groups is 1. The van der Waals surface area contributed by atoms with Crippen molar-refractivity contribution < 1.29 is 37.0 Å². The summed E-state index contributed by atoms with van der Waals surface area (Å²) in [6.07, 6.45) is 1.43. The highest BCUT2D eigenvalue weighted by Crippen LogP contribution is 2.57. The number of nitrogens with one attached hydrogen (secondary N) is 1. The summed E-state index contributed by atoms with van der Waals surface area (Å²) in [5.74, 6) is 1.92. The van der Waals surface area contributed by atoms with Crippen LogP contribution in [0.3, 0.4) is 0 Å². The van der Waals surface area contributed by atoms with Crippen molar-refractivity contribution in [3.8, 4) is 18.1 Å². The molecule has 3 heterocycles. The van der Waals surface area contributed by atoms with E-state index in [0.29, 0.717) is 28.7 Å². The number of benzene rings is 1. The van der Waals surface area contributed by atoms with Gasteiger partial charge in [0, 0.05) is 14.1 Å². The Morgan fingerprint density at radius 1 is 1.35 bits per heavy atom. The number of carbonyl (C=O) groups excluding carboxylic acids is 1. The predicted octanol–water partition coefficient (Wildman–Crippen LogP) is 2.86. The number of ether oxygens (including phenoxy) is 2. The zero-order chi connectivity index (χ0) is 31.5. The fourth-order valence-corrected chi connectivity index (χ4v) is 7.00. The fraction of sp³-hybridized carbons (Fsp3) is 0.462. The van der Waals surface area contributed by atoms with E-state index in [1.54, 1.807) is 63.2 Å². The summed E-state index contributed by atoms with van der Waals surface area (Å²) >= 11 is 0.431. The van der Waals surface area contributed by atoms with Crippen molar-refractivity contribution in [2.45, 2.75) is 57.0 Å². The molecule has 0 aliphatic carbocycles. The van der Waals surface area contributed by atoms with E-state index in [-0.39, 0.29) is 11.6 Å². The van der Waals surface area contributed by atoms with Gasteiger partial charge in [-0.1, -0.05) is 24.1 Å². The monoisotopic (exact) mass is 637 g/mol. The minimum absolute atomic E-state index is 0.103. The minimum Gasteiger partial charge on any atom is -0.462 e. The van der Waals surface area contributed by atoms with Crippen LogP contribution in [0.15, 0.2) is 36.7 Å². The Hall–Kier alpha value is -3.45. The summed E-state index contributed by atoms with van der Waals surface area (Å²) < 4.78 is 53.6. The first kappa shape index (κ1) is 32.5. The summed E-state index contributed by atoms with van der Waals surface area (Å²) in [5, 5.41) is 13.6. The number of fused-ring (bicyclic) bond motifs is 1. The SMILES string of the molecule is C#C[C@@]1(F)[C@H](O)[C@@H](COP(=O)(N[C@@H](C)C(=O)OC(C)C)SOc2ccccc2)O[C@H]1n1cnc2c(N(C)C)nc(N)nc21. The number of terminal acetylenes is 1. The second kappa shape index (κ2) is 13.0. The van der Waals surface area contributed by atoms with Gasteiger partial charge in [0.05, 0.1) is 19.0 Å². The Labute approximate surface area is 251 Å². The largest absolute Gasteiger partial charge is 0.462 e. The van der Waals surface area contributed by atoms with Gasteiger partial charge in [-0.05, 0) is 32.9 Å². The third kappa shape index (κ3) is 7.04. The average Bonchev–Trinajstić information content (AvgIpc) is 3.48. The van der Waals surface area contributed by atoms with E-state index in [9.17, 15) is 14.5 Å². The Morgan fingerprint density at radius 3 is 2.67 bits per heavy atom. The lowest BCUT2D eigenvalue weighted by Crippen LogP contribution is -2.42. The second-order valence-electron chi connectivity index (χ2n) is 10.1. The Bertz CT molecular complexity index is 1540. The molecule has 0 amide bonds. The molecule has 0 saturated carbocycles. The molecule has 4 N–H and O–H groups in total. The molecule has 0 bridgehead atoms. The smallest absolute Gasteiger partial charge is 0.365 e. The number of nitrogens with zero attached hydrogens (tertiary/aromatic N) is 5. The van der Waals surface area contributed by atoms with Crippen LogP contribution >= 0.6 is 18.4 Å². The maximum absolute atomic E-state index is 16.3. The van der Waals surface area contributed by atoms with E-state index in [4.69, 9.17) is 30.3 Å². The zero-order valence-corrected chi connectivity index (χ0v) is 25.8. The quantitative estimate of drug-likeness (QED) is 0.114. The molecular formula is C26H33FN7O7PS. The first-order valence-electron chi connectivity index (χ1n) is 13.1. The normalized spacial score (nSPS) is 23.9. The molecular weight excluding hydrogens is 604 g/mol. The van der Waals surface area contributed by atoms with E-state index < -0.39 is 55.5 Å². The van der Waals surface area contributed by atoms with Crippen molar-refractivity contribution in [1.82, 2.24) is 24.6 Å². The number of halogens is 1. The molecule has 17 heteroatoms. The lowest BCUT2D eigenvalue weighted by Gasteiger charge is -2.24. The van der Waals surface area contributed by atoms with Gasteiger partial charge in [-0.2, -0.15) is 9.97 Å². The molecule has 1 fully saturated rings. The molecule has 0 radical (unpaired) electrons. The van der Waals surface area contributed by atoms with Crippen LogP contribution in [0.2, 0.25) is 0 Å². The van der Waals surface area contributed by atoms with Crippen LogP contribution in [-0.4, -0.2) is 81.3 Å². The third-order valence-electron chi connectivity index (χ3n) is 6.20. The van der Waals surface area contributed by atoms with Gasteiger partial charge >= 0.3 is 12.7 Å². The van der Waals surface area contributed by atoms with Crippen LogP contribution in [0.25, 0.3) is 11.2 Å². The zero-order valence-electron chi connectivity index (χ0n) is 24.1. The molecule has 4 rings (SSSR count). The molecule has 1 aliphatic rings. The third-order valence-corrected chi connectivity index (χ3v) is 9.30. The molecule has 3 aromatic rings. The Kier molecular flexibility index (Phi) is 9.85. The lowest BCUT2D eigenvalue weighted by atomic mass is 9.97. The second-order valence-corrected chi connectivity index (χ2v) is 13.8. The number of nitrogens with two attached hydrogens (primary N) is 1. The van der Waals surface area contributed by atoms with Gasteiger partial charge in [0.1, 0.15) is 24.0 Å². The molecule has 232 valence electrons. The number of hydrogen-bond donors (Lipinski definition) is 3. The van der Waals surface area contributed by atoms with Gasteiger partial charge in [-0.15, -0.1) is 6.42 Å². The van der Waals surface area contributed by atoms with Crippen molar-refractivity contribution in [2.24, 2.45) is 0 Å². The van der Waals surface area contributed by atoms with Crippen molar-refractivity contribution >= 4 is 47.3 Å². The molecule has 1 aromatic carbocycles. The number of imidazole rings is 1. The Morgan fingerprint density at radius 2 is 2.05 bits per heavy atom. The number of nitrogen functional groups attached to an aromatic ring is 1. The minimum atomic E-state index is -4.09. The van der Waals surface area contributed by atoms with Gasteiger partial charge in [0.15, 0.2) is 34.9 Å². The number of aliphatic hydroxyl groups excluding tert-OH is 1.